The summed E-state index contributed by atoms with van der Waals surface area (Å²) in [6.45, 7) is 7.53. The highest BCUT2D eigenvalue weighted by molar-refractivity contribution is 6.38. The van der Waals surface area contributed by atoms with Crippen LogP contribution in [-0.2, 0) is 24.0 Å². The average molecular weight is 682 g/mol. The SMILES string of the molecule is CCC[C@H](NC(=O)[C@H]1C[C@@H]2CCCC[C@@H]2N1C(=O)[C@@H](NC(=O)[C@@H](NC(=O)c1ccn[nH]1)C1CCCCC1)C(C)(C)C)C(=O)C(=O)NC1CC1. The molecule has 13 heteroatoms. The molecule has 0 spiro atoms. The Bertz CT molecular complexity index is 1360. The van der Waals surface area contributed by atoms with Crippen LogP contribution in [0, 0.1) is 17.3 Å². The predicted molar refractivity (Wildman–Crippen MR) is 182 cm³/mol. The standard InChI is InChI=1S/C36H55N7O6/c1-5-11-24(29(44)34(48)38-23-16-17-23)39-32(46)27-20-22-14-9-10-15-26(22)43(27)35(49)30(36(2,3)4)41-33(47)28(21-12-7-6-8-13-21)40-31(45)25-18-19-37-42-25/h18-19,21-24,26-28,30H,5-17,20H2,1-4H3,(H,37,42)(H,38,48)(H,39,46)(H,40,45)(H,41,47)/t22-,24-,26-,27+,28-,30+/m0/s1. The molecule has 1 saturated heterocycles. The molecule has 0 bridgehead atoms. The first-order chi connectivity index (χ1) is 23.4. The van der Waals surface area contributed by atoms with Crippen molar-refractivity contribution in [2.75, 3.05) is 0 Å². The van der Waals surface area contributed by atoms with Crippen molar-refractivity contribution in [3.05, 3.63) is 18.0 Å². The molecule has 1 aliphatic heterocycles. The number of carbonyl (C=O) groups excluding carboxylic acids is 6. The molecule has 4 fully saturated rings. The number of nitrogens with zero attached hydrogens (tertiary/aromatic N) is 2. The number of ketones is 1. The molecule has 3 saturated carbocycles. The van der Waals surface area contributed by atoms with E-state index in [-0.39, 0.29) is 35.5 Å². The summed E-state index contributed by atoms with van der Waals surface area (Å²) in [5.41, 5.74) is -0.483. The van der Waals surface area contributed by atoms with Crippen molar-refractivity contribution < 1.29 is 28.8 Å². The molecule has 0 aromatic carbocycles. The number of hydrogen-bond acceptors (Lipinski definition) is 7. The fraction of sp³-hybridized carbons (Fsp3) is 0.750. The number of hydrogen-bond donors (Lipinski definition) is 5. The van der Waals surface area contributed by atoms with Crippen LogP contribution in [0.2, 0.25) is 0 Å². The summed E-state index contributed by atoms with van der Waals surface area (Å²) < 4.78 is 0. The maximum atomic E-state index is 14.8. The van der Waals surface area contributed by atoms with Gasteiger partial charge in [-0.2, -0.15) is 5.10 Å². The highest BCUT2D eigenvalue weighted by Gasteiger charge is 2.51. The second kappa shape index (κ2) is 15.8. The lowest BCUT2D eigenvalue weighted by Crippen LogP contribution is -2.63. The van der Waals surface area contributed by atoms with Gasteiger partial charge in [0.1, 0.15) is 23.8 Å². The number of nitrogens with one attached hydrogen (secondary N) is 5. The van der Waals surface area contributed by atoms with E-state index in [0.717, 1.165) is 70.6 Å². The number of aromatic nitrogens is 2. The van der Waals surface area contributed by atoms with Gasteiger partial charge >= 0.3 is 0 Å². The number of likely N-dealkylation sites (tertiary alicyclic amines) is 1. The Morgan fingerprint density at radius 3 is 2.24 bits per heavy atom. The van der Waals surface area contributed by atoms with Crippen LogP contribution >= 0.6 is 0 Å². The van der Waals surface area contributed by atoms with Gasteiger partial charge in [-0.15, -0.1) is 0 Å². The zero-order valence-electron chi connectivity index (χ0n) is 29.5. The molecule has 5 amide bonds. The lowest BCUT2D eigenvalue weighted by Gasteiger charge is -2.40. The summed E-state index contributed by atoms with van der Waals surface area (Å²) in [6.07, 6.45) is 12.6. The summed E-state index contributed by atoms with van der Waals surface area (Å²) in [4.78, 5) is 83.6. The fourth-order valence-corrected chi connectivity index (χ4v) is 7.98. The summed E-state index contributed by atoms with van der Waals surface area (Å²) in [6, 6.07) is -2.27. The molecule has 13 nitrogen and oxygen atoms in total. The van der Waals surface area contributed by atoms with Gasteiger partial charge in [-0.1, -0.05) is 66.2 Å². The highest BCUT2D eigenvalue weighted by Crippen LogP contribution is 2.41. The third-order valence-corrected chi connectivity index (χ3v) is 10.8. The van der Waals surface area contributed by atoms with Crippen molar-refractivity contribution in [3.63, 3.8) is 0 Å². The van der Waals surface area contributed by atoms with Crippen LogP contribution in [0.5, 0.6) is 0 Å². The van der Waals surface area contributed by atoms with Gasteiger partial charge in [0.15, 0.2) is 0 Å². The third kappa shape index (κ3) is 8.88. The first-order valence-electron chi connectivity index (χ1n) is 18.5. The quantitative estimate of drug-likeness (QED) is 0.198. The summed E-state index contributed by atoms with van der Waals surface area (Å²) in [5.74, 6) is -2.98. The lowest BCUT2D eigenvalue weighted by molar-refractivity contribution is -0.147. The van der Waals surface area contributed by atoms with Gasteiger partial charge in [-0.05, 0) is 74.7 Å². The van der Waals surface area contributed by atoms with Gasteiger partial charge in [0.2, 0.25) is 23.5 Å². The van der Waals surface area contributed by atoms with E-state index in [2.05, 4.69) is 31.5 Å². The van der Waals surface area contributed by atoms with E-state index in [0.29, 0.717) is 19.3 Å². The normalized spacial score (nSPS) is 24.6. The van der Waals surface area contributed by atoms with Crippen molar-refractivity contribution >= 4 is 35.3 Å². The minimum absolute atomic E-state index is 0.0153. The monoisotopic (exact) mass is 681 g/mol. The number of amides is 5. The maximum absolute atomic E-state index is 14.8. The molecular formula is C36H55N7O6. The van der Waals surface area contributed by atoms with E-state index >= 15 is 0 Å². The summed E-state index contributed by atoms with van der Waals surface area (Å²) in [7, 11) is 0. The van der Waals surface area contributed by atoms with Crippen LogP contribution in [-0.4, -0.2) is 86.7 Å². The summed E-state index contributed by atoms with van der Waals surface area (Å²) in [5, 5.41) is 18.1. The van der Waals surface area contributed by atoms with Gasteiger partial charge in [0.05, 0.1) is 6.04 Å². The number of carbonyl (C=O) groups is 6. The van der Waals surface area contributed by atoms with Gasteiger partial charge in [-0.3, -0.25) is 33.9 Å². The maximum Gasteiger partial charge on any atom is 0.289 e. The second-order valence-electron chi connectivity index (χ2n) is 15.7. The number of rotatable bonds is 13. The number of aromatic amines is 1. The third-order valence-electron chi connectivity index (χ3n) is 10.8. The first-order valence-corrected chi connectivity index (χ1v) is 18.5. The van der Waals surface area contributed by atoms with Crippen LogP contribution in [0.3, 0.4) is 0 Å². The molecule has 2 heterocycles. The highest BCUT2D eigenvalue weighted by atomic mass is 16.2. The van der Waals surface area contributed by atoms with Crippen molar-refractivity contribution in [2.24, 2.45) is 17.3 Å². The Labute approximate surface area is 289 Å². The molecule has 0 radical (unpaired) electrons. The van der Waals surface area contributed by atoms with Crippen molar-refractivity contribution in [1.82, 2.24) is 36.4 Å². The topological polar surface area (TPSA) is 182 Å². The molecule has 4 aliphatic rings. The second-order valence-corrected chi connectivity index (χ2v) is 15.7. The molecule has 49 heavy (non-hydrogen) atoms. The molecule has 1 aromatic heterocycles. The first kappa shape index (κ1) is 36.5. The smallest absolute Gasteiger partial charge is 0.289 e. The van der Waals surface area contributed by atoms with E-state index in [1.54, 1.807) is 11.0 Å². The number of fused-ring (bicyclic) bond motifs is 1. The minimum atomic E-state index is -0.983. The van der Waals surface area contributed by atoms with Gasteiger partial charge in [0.25, 0.3) is 11.8 Å². The molecule has 1 aromatic rings. The van der Waals surface area contributed by atoms with Crippen LogP contribution in [0.1, 0.15) is 128 Å². The molecule has 3 aliphatic carbocycles. The molecule has 6 atom stereocenters. The van der Waals surface area contributed by atoms with Gasteiger partial charge in [0, 0.05) is 18.3 Å². The van der Waals surface area contributed by atoms with Crippen LogP contribution in [0.15, 0.2) is 12.3 Å². The summed E-state index contributed by atoms with van der Waals surface area (Å²) >= 11 is 0. The molecule has 270 valence electrons. The zero-order chi connectivity index (χ0) is 35.3. The average Bonchev–Trinajstić information content (AvgIpc) is 3.55. The van der Waals surface area contributed by atoms with Crippen LogP contribution in [0.25, 0.3) is 0 Å². The van der Waals surface area contributed by atoms with Gasteiger partial charge < -0.3 is 26.2 Å². The van der Waals surface area contributed by atoms with Crippen LogP contribution < -0.4 is 21.3 Å². The molecule has 5 rings (SSSR count). The Balaban J connectivity index is 1.37. The Kier molecular flexibility index (Phi) is 11.8. The van der Waals surface area contributed by atoms with E-state index < -0.39 is 59.0 Å². The molecular weight excluding hydrogens is 626 g/mol. The Morgan fingerprint density at radius 2 is 1.61 bits per heavy atom. The minimum Gasteiger partial charge on any atom is -0.347 e. The molecule has 0 unspecified atom stereocenters. The lowest BCUT2D eigenvalue weighted by atomic mass is 9.81. The number of Topliss-reactive ketones (excluding diaryl/α,β-unsaturated/α-hetero) is 1. The van der Waals surface area contributed by atoms with Crippen LogP contribution in [0.4, 0.5) is 0 Å². The zero-order valence-corrected chi connectivity index (χ0v) is 29.5. The van der Waals surface area contributed by atoms with Crippen molar-refractivity contribution in [1.29, 1.82) is 0 Å². The van der Waals surface area contributed by atoms with Crippen molar-refractivity contribution in [3.8, 4) is 0 Å². The Morgan fingerprint density at radius 1 is 0.918 bits per heavy atom. The van der Waals surface area contributed by atoms with Gasteiger partial charge in [-0.25, -0.2) is 0 Å². The molecule has 5 N–H and O–H groups in total. The number of H-pyrrole nitrogens is 1. The van der Waals surface area contributed by atoms with E-state index in [1.807, 2.05) is 27.7 Å². The van der Waals surface area contributed by atoms with Crippen molar-refractivity contribution in [2.45, 2.75) is 154 Å². The predicted octanol–water partition coefficient (Wildman–Crippen LogP) is 2.91. The fourth-order valence-electron chi connectivity index (χ4n) is 7.98. The van der Waals surface area contributed by atoms with E-state index in [9.17, 15) is 28.8 Å². The largest absolute Gasteiger partial charge is 0.347 e. The Hall–Kier alpha value is -3.77. The van der Waals surface area contributed by atoms with E-state index in [4.69, 9.17) is 0 Å². The van der Waals surface area contributed by atoms with E-state index in [1.165, 1.54) is 6.20 Å².